The van der Waals surface area contributed by atoms with Crippen molar-refractivity contribution in [3.8, 4) is 0 Å². The zero-order chi connectivity index (χ0) is 17.3. The third-order valence-electron chi connectivity index (χ3n) is 5.04. The lowest BCUT2D eigenvalue weighted by Gasteiger charge is -2.34. The lowest BCUT2D eigenvalue weighted by atomic mass is 9.94. The molecule has 24 heavy (non-hydrogen) atoms. The Labute approximate surface area is 143 Å². The Hall–Kier alpha value is -1.41. The molecule has 0 aromatic carbocycles. The summed E-state index contributed by atoms with van der Waals surface area (Å²) < 4.78 is 25.8. The zero-order valence-electron chi connectivity index (χ0n) is 14.4. The molecule has 0 radical (unpaired) electrons. The maximum Gasteiger partial charge on any atom is 0.226 e. The number of aryl methyl sites for hydroxylation is 1. The van der Waals surface area contributed by atoms with Crippen molar-refractivity contribution in [1.82, 2.24) is 19.4 Å². The number of carbonyl (C=O) groups is 1. The second kappa shape index (κ2) is 6.84. The number of hydrogen-bond donors (Lipinski definition) is 0. The van der Waals surface area contributed by atoms with Crippen LogP contribution in [0.5, 0.6) is 0 Å². The summed E-state index contributed by atoms with van der Waals surface area (Å²) in [7, 11) is 0.926. The van der Waals surface area contributed by atoms with E-state index in [4.69, 9.17) is 0 Å². The molecule has 1 fully saturated rings. The van der Waals surface area contributed by atoms with Crippen LogP contribution in [0, 0.1) is 5.92 Å². The van der Waals surface area contributed by atoms with E-state index in [2.05, 4.69) is 9.55 Å². The lowest BCUT2D eigenvalue weighted by Crippen LogP contribution is -2.48. The topological polar surface area (TPSA) is 75.5 Å². The van der Waals surface area contributed by atoms with Gasteiger partial charge in [0.15, 0.2) is 9.84 Å². The Morgan fingerprint density at radius 2 is 2.12 bits per heavy atom. The highest BCUT2D eigenvalue weighted by Gasteiger charge is 2.37. The van der Waals surface area contributed by atoms with Gasteiger partial charge >= 0.3 is 0 Å². The first-order valence-electron chi connectivity index (χ1n) is 8.50. The van der Waals surface area contributed by atoms with Crippen molar-refractivity contribution in [2.24, 2.45) is 5.92 Å². The molecule has 1 aromatic heterocycles. The molecule has 3 heterocycles. The monoisotopic (exact) mass is 354 g/mol. The molecule has 134 valence electrons. The summed E-state index contributed by atoms with van der Waals surface area (Å²) in [5.74, 6) is 0.337. The summed E-state index contributed by atoms with van der Waals surface area (Å²) in [6.45, 7) is 2.13. The number of amides is 1. The average molecular weight is 354 g/mol. The number of rotatable bonds is 5. The standard InChI is InChI=1S/C16H26N4O3S/c1-18(2)6-7-20(14-4-8-24(22,23)11-14)16(21)13-3-5-19-12-17-10-15(19)9-13/h10,12-14H,3-9,11H2,1-2H3. The van der Waals surface area contributed by atoms with Crippen molar-refractivity contribution in [2.75, 3.05) is 38.7 Å². The van der Waals surface area contributed by atoms with Crippen LogP contribution in [0.1, 0.15) is 18.5 Å². The van der Waals surface area contributed by atoms with Crippen molar-refractivity contribution < 1.29 is 13.2 Å². The third kappa shape index (κ3) is 3.80. The number of carbonyl (C=O) groups excluding carboxylic acids is 1. The van der Waals surface area contributed by atoms with Gasteiger partial charge in [-0.05, 0) is 26.9 Å². The molecular weight excluding hydrogens is 328 g/mol. The summed E-state index contributed by atoms with van der Waals surface area (Å²) in [6, 6.07) is -0.172. The normalized spacial score (nSPS) is 25.6. The number of sulfone groups is 1. The molecule has 1 aromatic rings. The first-order chi connectivity index (χ1) is 11.4. The quantitative estimate of drug-likeness (QED) is 0.745. The van der Waals surface area contributed by atoms with Crippen LogP contribution in [0.15, 0.2) is 12.5 Å². The predicted octanol–water partition coefficient (Wildman–Crippen LogP) is 0.0228. The second-order valence-electron chi connectivity index (χ2n) is 7.16. The van der Waals surface area contributed by atoms with Crippen LogP contribution < -0.4 is 0 Å². The fourth-order valence-electron chi connectivity index (χ4n) is 3.62. The molecule has 8 heteroatoms. The summed E-state index contributed by atoms with van der Waals surface area (Å²) in [5.41, 5.74) is 1.09. The van der Waals surface area contributed by atoms with E-state index in [1.54, 1.807) is 0 Å². The minimum absolute atomic E-state index is 0.0698. The second-order valence-corrected chi connectivity index (χ2v) is 9.39. The van der Waals surface area contributed by atoms with Crippen molar-refractivity contribution >= 4 is 15.7 Å². The summed E-state index contributed by atoms with van der Waals surface area (Å²) in [5, 5.41) is 0. The van der Waals surface area contributed by atoms with E-state index in [9.17, 15) is 13.2 Å². The van der Waals surface area contributed by atoms with E-state index in [1.807, 2.05) is 36.4 Å². The Morgan fingerprint density at radius 1 is 1.33 bits per heavy atom. The fourth-order valence-corrected chi connectivity index (χ4v) is 5.35. The van der Waals surface area contributed by atoms with Gasteiger partial charge in [-0.15, -0.1) is 0 Å². The van der Waals surface area contributed by atoms with Crippen molar-refractivity contribution in [3.05, 3.63) is 18.2 Å². The minimum atomic E-state index is -3.00. The molecule has 0 aliphatic carbocycles. The third-order valence-corrected chi connectivity index (χ3v) is 6.79. The maximum absolute atomic E-state index is 13.1. The smallest absolute Gasteiger partial charge is 0.226 e. The van der Waals surface area contributed by atoms with Gasteiger partial charge in [0.1, 0.15) is 0 Å². The van der Waals surface area contributed by atoms with Gasteiger partial charge < -0.3 is 14.4 Å². The molecule has 0 N–H and O–H groups in total. The van der Waals surface area contributed by atoms with Crippen LogP contribution in [0.2, 0.25) is 0 Å². The SMILES string of the molecule is CN(C)CCN(C(=O)C1CCn2cncc2C1)C1CCS(=O)(=O)C1. The van der Waals surface area contributed by atoms with Crippen molar-refractivity contribution in [3.63, 3.8) is 0 Å². The van der Waals surface area contributed by atoms with E-state index in [0.717, 1.165) is 25.2 Å². The van der Waals surface area contributed by atoms with Gasteiger partial charge in [0, 0.05) is 49.9 Å². The highest BCUT2D eigenvalue weighted by molar-refractivity contribution is 7.91. The molecular formula is C16H26N4O3S. The first-order valence-corrected chi connectivity index (χ1v) is 10.3. The highest BCUT2D eigenvalue weighted by Crippen LogP contribution is 2.25. The first kappa shape index (κ1) is 17.4. The van der Waals surface area contributed by atoms with Crippen LogP contribution in [-0.2, 0) is 27.6 Å². The molecule has 3 rings (SSSR count). The Balaban J connectivity index is 1.73. The number of nitrogens with zero attached hydrogens (tertiary/aromatic N) is 4. The van der Waals surface area contributed by atoms with Gasteiger partial charge in [-0.3, -0.25) is 4.79 Å². The van der Waals surface area contributed by atoms with Gasteiger partial charge in [0.2, 0.25) is 5.91 Å². The van der Waals surface area contributed by atoms with Crippen molar-refractivity contribution in [2.45, 2.75) is 31.8 Å². The molecule has 1 saturated heterocycles. The molecule has 2 aliphatic rings. The molecule has 0 saturated carbocycles. The molecule has 2 aliphatic heterocycles. The number of aromatic nitrogens is 2. The summed E-state index contributed by atoms with van der Waals surface area (Å²) >= 11 is 0. The van der Waals surface area contributed by atoms with Crippen LogP contribution in [0.25, 0.3) is 0 Å². The number of hydrogen-bond acceptors (Lipinski definition) is 5. The Morgan fingerprint density at radius 3 is 2.79 bits per heavy atom. The lowest BCUT2D eigenvalue weighted by molar-refractivity contribution is -0.138. The minimum Gasteiger partial charge on any atom is -0.337 e. The largest absolute Gasteiger partial charge is 0.337 e. The number of fused-ring (bicyclic) bond motifs is 1. The fraction of sp³-hybridized carbons (Fsp3) is 0.750. The molecule has 1 amide bonds. The van der Waals surface area contributed by atoms with Crippen LogP contribution in [0.4, 0.5) is 0 Å². The van der Waals surface area contributed by atoms with E-state index < -0.39 is 9.84 Å². The van der Waals surface area contributed by atoms with Gasteiger partial charge in [-0.1, -0.05) is 0 Å². The van der Waals surface area contributed by atoms with Crippen LogP contribution in [0.3, 0.4) is 0 Å². The van der Waals surface area contributed by atoms with Crippen LogP contribution in [-0.4, -0.2) is 78.4 Å². The molecule has 0 bridgehead atoms. The summed E-state index contributed by atoms with van der Waals surface area (Å²) in [4.78, 5) is 21.1. The molecule has 0 spiro atoms. The Bertz CT molecular complexity index is 698. The predicted molar refractivity (Wildman–Crippen MR) is 91.4 cm³/mol. The van der Waals surface area contributed by atoms with Gasteiger partial charge in [0.25, 0.3) is 0 Å². The van der Waals surface area contributed by atoms with E-state index in [-0.39, 0.29) is 29.4 Å². The summed E-state index contributed by atoms with van der Waals surface area (Å²) in [6.07, 6.45) is 5.68. The zero-order valence-corrected chi connectivity index (χ0v) is 15.2. The Kier molecular flexibility index (Phi) is 4.96. The van der Waals surface area contributed by atoms with E-state index >= 15 is 0 Å². The van der Waals surface area contributed by atoms with E-state index in [1.165, 1.54) is 0 Å². The van der Waals surface area contributed by atoms with E-state index in [0.29, 0.717) is 19.4 Å². The molecule has 2 unspecified atom stereocenters. The highest BCUT2D eigenvalue weighted by atomic mass is 32.2. The van der Waals surface area contributed by atoms with Gasteiger partial charge in [-0.25, -0.2) is 13.4 Å². The van der Waals surface area contributed by atoms with Gasteiger partial charge in [-0.2, -0.15) is 0 Å². The van der Waals surface area contributed by atoms with Crippen LogP contribution >= 0.6 is 0 Å². The maximum atomic E-state index is 13.1. The van der Waals surface area contributed by atoms with Gasteiger partial charge in [0.05, 0.1) is 17.8 Å². The molecule has 7 nitrogen and oxygen atoms in total. The molecule has 2 atom stereocenters. The number of likely N-dealkylation sites (N-methyl/N-ethyl adjacent to an activating group) is 1. The average Bonchev–Trinajstić information content (AvgIpc) is 3.12. The number of imidazole rings is 1. The van der Waals surface area contributed by atoms with Crippen molar-refractivity contribution in [1.29, 1.82) is 0 Å².